The van der Waals surface area contributed by atoms with Crippen LogP contribution in [-0.2, 0) is 6.54 Å². The zero-order valence-electron chi connectivity index (χ0n) is 10.2. The summed E-state index contributed by atoms with van der Waals surface area (Å²) in [6.45, 7) is 0.726. The van der Waals surface area contributed by atoms with Crippen LogP contribution in [0.5, 0.6) is 0 Å². The van der Waals surface area contributed by atoms with Gasteiger partial charge in [-0.1, -0.05) is 29.8 Å². The molecule has 0 spiro atoms. The Morgan fingerprint density at radius 1 is 0.947 bits per heavy atom. The molecule has 19 heavy (non-hydrogen) atoms. The van der Waals surface area contributed by atoms with Gasteiger partial charge in [0.25, 0.3) is 0 Å². The fourth-order valence-electron chi connectivity index (χ4n) is 1.88. The maximum Gasteiger partial charge on any atom is 0.111 e. The summed E-state index contributed by atoms with van der Waals surface area (Å²) in [5.41, 5.74) is 2.94. The second-order valence-electron chi connectivity index (χ2n) is 4.24. The van der Waals surface area contributed by atoms with E-state index >= 15 is 0 Å². The standard InChI is InChI=1S/C15H12ClN3/c16-13-6-4-12(5-7-13)11-19-10-8-15(18-19)14-3-1-2-9-17-14/h1-10H,11H2. The van der Waals surface area contributed by atoms with Crippen molar-refractivity contribution in [3.63, 3.8) is 0 Å². The van der Waals surface area contributed by atoms with Crippen molar-refractivity contribution < 1.29 is 0 Å². The molecule has 0 aliphatic rings. The summed E-state index contributed by atoms with van der Waals surface area (Å²) in [6, 6.07) is 15.6. The first kappa shape index (κ1) is 11.9. The second kappa shape index (κ2) is 5.24. The molecule has 0 saturated heterocycles. The van der Waals surface area contributed by atoms with E-state index in [1.54, 1.807) is 6.20 Å². The Morgan fingerprint density at radius 3 is 2.53 bits per heavy atom. The Labute approximate surface area is 116 Å². The highest BCUT2D eigenvalue weighted by molar-refractivity contribution is 6.30. The summed E-state index contributed by atoms with van der Waals surface area (Å²) in [7, 11) is 0. The number of aromatic nitrogens is 3. The van der Waals surface area contributed by atoms with Crippen LogP contribution in [0.25, 0.3) is 11.4 Å². The molecular formula is C15H12ClN3. The molecule has 0 saturated carbocycles. The van der Waals surface area contributed by atoms with Gasteiger partial charge in [0.1, 0.15) is 5.69 Å². The fraction of sp³-hybridized carbons (Fsp3) is 0.0667. The normalized spacial score (nSPS) is 10.6. The molecule has 0 aliphatic heterocycles. The number of benzene rings is 1. The van der Waals surface area contributed by atoms with Crippen molar-refractivity contribution in [1.29, 1.82) is 0 Å². The van der Waals surface area contributed by atoms with Crippen LogP contribution in [0.1, 0.15) is 5.56 Å². The van der Waals surface area contributed by atoms with Crippen molar-refractivity contribution >= 4 is 11.6 Å². The van der Waals surface area contributed by atoms with E-state index < -0.39 is 0 Å². The molecule has 0 unspecified atom stereocenters. The van der Waals surface area contributed by atoms with Crippen LogP contribution in [0.3, 0.4) is 0 Å². The van der Waals surface area contributed by atoms with Crippen molar-refractivity contribution in [2.24, 2.45) is 0 Å². The van der Waals surface area contributed by atoms with Crippen molar-refractivity contribution in [2.75, 3.05) is 0 Å². The third-order valence-corrected chi connectivity index (χ3v) is 3.08. The molecule has 94 valence electrons. The molecule has 2 heterocycles. The average molecular weight is 270 g/mol. The van der Waals surface area contributed by atoms with Crippen molar-refractivity contribution in [3.8, 4) is 11.4 Å². The molecule has 0 atom stereocenters. The second-order valence-corrected chi connectivity index (χ2v) is 4.68. The molecule has 0 N–H and O–H groups in total. The van der Waals surface area contributed by atoms with E-state index in [0.29, 0.717) is 0 Å². The van der Waals surface area contributed by atoms with Gasteiger partial charge in [0.05, 0.1) is 12.2 Å². The average Bonchev–Trinajstić information content (AvgIpc) is 2.91. The predicted molar refractivity (Wildman–Crippen MR) is 76.0 cm³/mol. The highest BCUT2D eigenvalue weighted by atomic mass is 35.5. The minimum absolute atomic E-state index is 0.726. The fourth-order valence-corrected chi connectivity index (χ4v) is 2.00. The van der Waals surface area contributed by atoms with Gasteiger partial charge in [-0.15, -0.1) is 0 Å². The van der Waals surface area contributed by atoms with E-state index in [4.69, 9.17) is 11.6 Å². The van der Waals surface area contributed by atoms with E-state index in [9.17, 15) is 0 Å². The number of pyridine rings is 1. The molecule has 0 aliphatic carbocycles. The van der Waals surface area contributed by atoms with Gasteiger partial charge in [-0.3, -0.25) is 9.67 Å². The van der Waals surface area contributed by atoms with Crippen LogP contribution in [0, 0.1) is 0 Å². The van der Waals surface area contributed by atoms with Gasteiger partial charge in [0.15, 0.2) is 0 Å². The van der Waals surface area contributed by atoms with Gasteiger partial charge >= 0.3 is 0 Å². The molecule has 2 aromatic heterocycles. The monoisotopic (exact) mass is 269 g/mol. The van der Waals surface area contributed by atoms with E-state index in [2.05, 4.69) is 10.1 Å². The van der Waals surface area contributed by atoms with Crippen LogP contribution in [-0.4, -0.2) is 14.8 Å². The van der Waals surface area contributed by atoms with Crippen LogP contribution in [0.2, 0.25) is 5.02 Å². The minimum atomic E-state index is 0.726. The first-order valence-corrected chi connectivity index (χ1v) is 6.38. The van der Waals surface area contributed by atoms with Crippen LogP contribution in [0.15, 0.2) is 60.9 Å². The quantitative estimate of drug-likeness (QED) is 0.727. The summed E-state index contributed by atoms with van der Waals surface area (Å²) in [5.74, 6) is 0. The first-order valence-electron chi connectivity index (χ1n) is 6.00. The Bertz CT molecular complexity index is 659. The molecule has 3 rings (SSSR count). The summed E-state index contributed by atoms with van der Waals surface area (Å²) in [6.07, 6.45) is 3.73. The minimum Gasteiger partial charge on any atom is -0.268 e. The van der Waals surface area contributed by atoms with E-state index in [-0.39, 0.29) is 0 Å². The predicted octanol–water partition coefficient (Wildman–Crippen LogP) is 3.65. The number of hydrogen-bond donors (Lipinski definition) is 0. The van der Waals surface area contributed by atoms with Crippen LogP contribution in [0.4, 0.5) is 0 Å². The number of rotatable bonds is 3. The zero-order valence-corrected chi connectivity index (χ0v) is 11.0. The van der Waals surface area contributed by atoms with Gasteiger partial charge in [-0.25, -0.2) is 0 Å². The topological polar surface area (TPSA) is 30.7 Å². The van der Waals surface area contributed by atoms with Crippen molar-refractivity contribution in [3.05, 3.63) is 71.5 Å². The molecule has 3 nitrogen and oxygen atoms in total. The number of hydrogen-bond acceptors (Lipinski definition) is 2. The molecular weight excluding hydrogens is 258 g/mol. The summed E-state index contributed by atoms with van der Waals surface area (Å²) >= 11 is 5.87. The summed E-state index contributed by atoms with van der Waals surface area (Å²) < 4.78 is 1.90. The van der Waals surface area contributed by atoms with E-state index in [1.807, 2.05) is 59.4 Å². The Balaban J connectivity index is 1.80. The van der Waals surface area contributed by atoms with Crippen LogP contribution >= 0.6 is 11.6 Å². The maximum atomic E-state index is 5.87. The molecule has 1 aromatic carbocycles. The highest BCUT2D eigenvalue weighted by Gasteiger charge is 2.03. The Kier molecular flexibility index (Phi) is 3.29. The molecule has 4 heteroatoms. The Hall–Kier alpha value is -2.13. The van der Waals surface area contributed by atoms with Gasteiger partial charge < -0.3 is 0 Å². The van der Waals surface area contributed by atoms with Crippen molar-refractivity contribution in [2.45, 2.75) is 6.54 Å². The van der Waals surface area contributed by atoms with E-state index in [1.165, 1.54) is 5.56 Å². The van der Waals surface area contributed by atoms with Crippen molar-refractivity contribution in [1.82, 2.24) is 14.8 Å². The molecule has 3 aromatic rings. The Morgan fingerprint density at radius 2 is 1.79 bits per heavy atom. The van der Waals surface area contributed by atoms with E-state index in [0.717, 1.165) is 23.0 Å². The summed E-state index contributed by atoms with van der Waals surface area (Å²) in [4.78, 5) is 4.29. The third-order valence-electron chi connectivity index (χ3n) is 2.83. The maximum absolute atomic E-state index is 5.87. The van der Waals surface area contributed by atoms with Gasteiger partial charge in [0.2, 0.25) is 0 Å². The molecule has 0 bridgehead atoms. The SMILES string of the molecule is Clc1ccc(Cn2ccc(-c3ccccn3)n2)cc1. The van der Waals surface area contributed by atoms with Gasteiger partial charge in [-0.05, 0) is 35.9 Å². The lowest BCUT2D eigenvalue weighted by Crippen LogP contribution is -2.00. The lowest BCUT2D eigenvalue weighted by Gasteiger charge is -2.02. The number of halogens is 1. The molecule has 0 radical (unpaired) electrons. The highest BCUT2D eigenvalue weighted by Crippen LogP contribution is 2.14. The molecule has 0 fully saturated rings. The molecule has 0 amide bonds. The summed E-state index contributed by atoms with van der Waals surface area (Å²) in [5, 5.41) is 5.27. The van der Waals surface area contributed by atoms with Gasteiger partial charge in [0, 0.05) is 17.4 Å². The smallest absolute Gasteiger partial charge is 0.111 e. The van der Waals surface area contributed by atoms with Gasteiger partial charge in [-0.2, -0.15) is 5.10 Å². The lowest BCUT2D eigenvalue weighted by atomic mass is 10.2. The largest absolute Gasteiger partial charge is 0.268 e. The first-order chi connectivity index (χ1) is 9.31. The third kappa shape index (κ3) is 2.83. The van der Waals surface area contributed by atoms with Crippen LogP contribution < -0.4 is 0 Å². The zero-order chi connectivity index (χ0) is 13.1. The number of nitrogens with zero attached hydrogens (tertiary/aromatic N) is 3. The lowest BCUT2D eigenvalue weighted by molar-refractivity contribution is 0.689.